The summed E-state index contributed by atoms with van der Waals surface area (Å²) in [6.07, 6.45) is 3.57. The number of anilines is 1. The van der Waals surface area contributed by atoms with E-state index >= 15 is 0 Å². The Bertz CT molecular complexity index is 394. The zero-order chi connectivity index (χ0) is 9.80. The van der Waals surface area contributed by atoms with Crippen molar-refractivity contribution in [2.45, 2.75) is 6.54 Å². The van der Waals surface area contributed by atoms with Crippen LogP contribution in [0, 0.1) is 0 Å². The van der Waals surface area contributed by atoms with Crippen molar-refractivity contribution in [2.75, 3.05) is 5.43 Å². The first-order valence-corrected chi connectivity index (χ1v) is 4.41. The van der Waals surface area contributed by atoms with Crippen LogP contribution < -0.4 is 11.3 Å². The zero-order valence-electron chi connectivity index (χ0n) is 7.72. The first-order chi connectivity index (χ1) is 6.88. The Morgan fingerprint density at radius 2 is 2.07 bits per heavy atom. The van der Waals surface area contributed by atoms with Gasteiger partial charge in [-0.1, -0.05) is 30.3 Å². The molecule has 0 atom stereocenters. The highest BCUT2D eigenvalue weighted by Crippen LogP contribution is 2.05. The Morgan fingerprint density at radius 3 is 2.71 bits per heavy atom. The van der Waals surface area contributed by atoms with E-state index in [4.69, 9.17) is 5.84 Å². The molecule has 0 spiro atoms. The van der Waals surface area contributed by atoms with E-state index in [0.29, 0.717) is 0 Å². The van der Waals surface area contributed by atoms with Gasteiger partial charge in [-0.05, 0) is 5.56 Å². The molecule has 3 N–H and O–H groups in total. The fourth-order valence-electron chi connectivity index (χ4n) is 1.30. The first kappa shape index (κ1) is 8.77. The van der Waals surface area contributed by atoms with E-state index in [2.05, 4.69) is 22.7 Å². The van der Waals surface area contributed by atoms with Crippen molar-refractivity contribution < 1.29 is 0 Å². The van der Waals surface area contributed by atoms with E-state index < -0.39 is 0 Å². The minimum absolute atomic E-state index is 0.766. The molecule has 0 unspecified atom stereocenters. The van der Waals surface area contributed by atoms with Gasteiger partial charge < -0.3 is 5.43 Å². The van der Waals surface area contributed by atoms with E-state index in [1.807, 2.05) is 29.1 Å². The average molecular weight is 188 g/mol. The maximum absolute atomic E-state index is 5.25. The summed E-state index contributed by atoms with van der Waals surface area (Å²) in [6.45, 7) is 0.766. The molecule has 0 saturated carbocycles. The molecule has 1 aromatic heterocycles. The molecule has 72 valence electrons. The summed E-state index contributed by atoms with van der Waals surface area (Å²) < 4.78 is 1.84. The third-order valence-corrected chi connectivity index (χ3v) is 1.99. The minimum atomic E-state index is 0.766. The molecule has 0 amide bonds. The second-order valence-corrected chi connectivity index (χ2v) is 3.06. The third-order valence-electron chi connectivity index (χ3n) is 1.99. The second kappa shape index (κ2) is 3.93. The molecule has 14 heavy (non-hydrogen) atoms. The van der Waals surface area contributed by atoms with E-state index in [9.17, 15) is 0 Å². The third kappa shape index (κ3) is 1.92. The van der Waals surface area contributed by atoms with Crippen LogP contribution in [0.1, 0.15) is 5.56 Å². The molecule has 0 radical (unpaired) electrons. The molecule has 0 aliphatic carbocycles. The number of hydrogen-bond donors (Lipinski definition) is 2. The number of benzene rings is 1. The molecule has 0 aliphatic rings. The van der Waals surface area contributed by atoms with Crippen molar-refractivity contribution >= 4 is 5.69 Å². The van der Waals surface area contributed by atoms with Gasteiger partial charge in [0.15, 0.2) is 0 Å². The number of hydrazine groups is 1. The van der Waals surface area contributed by atoms with Crippen LogP contribution in [0.3, 0.4) is 0 Å². The Balaban J connectivity index is 2.11. The molecule has 4 heteroatoms. The molecule has 0 aliphatic heterocycles. The molecular formula is C10H12N4. The normalized spacial score (nSPS) is 10.1. The van der Waals surface area contributed by atoms with Crippen molar-refractivity contribution in [2.24, 2.45) is 5.84 Å². The van der Waals surface area contributed by atoms with Crippen LogP contribution in [0.5, 0.6) is 0 Å². The number of nitrogen functional groups attached to an aromatic ring is 1. The lowest BCUT2D eigenvalue weighted by Gasteiger charge is -2.00. The van der Waals surface area contributed by atoms with Crippen molar-refractivity contribution in [1.82, 2.24) is 9.78 Å². The lowest BCUT2D eigenvalue weighted by molar-refractivity contribution is 0.687. The van der Waals surface area contributed by atoms with E-state index in [-0.39, 0.29) is 0 Å². The van der Waals surface area contributed by atoms with Crippen molar-refractivity contribution in [3.8, 4) is 0 Å². The second-order valence-electron chi connectivity index (χ2n) is 3.06. The number of hydrogen-bond acceptors (Lipinski definition) is 3. The summed E-state index contributed by atoms with van der Waals surface area (Å²) in [5, 5.41) is 4.16. The van der Waals surface area contributed by atoms with E-state index in [1.165, 1.54) is 5.56 Å². The SMILES string of the molecule is NNc1cnn(Cc2ccccc2)c1. The van der Waals surface area contributed by atoms with Gasteiger partial charge in [0.25, 0.3) is 0 Å². The number of rotatable bonds is 3. The van der Waals surface area contributed by atoms with Crippen LogP contribution in [0.25, 0.3) is 0 Å². The Morgan fingerprint density at radius 1 is 1.29 bits per heavy atom. The van der Waals surface area contributed by atoms with Gasteiger partial charge in [0, 0.05) is 6.20 Å². The molecule has 4 nitrogen and oxygen atoms in total. The highest BCUT2D eigenvalue weighted by atomic mass is 15.3. The topological polar surface area (TPSA) is 55.9 Å². The van der Waals surface area contributed by atoms with Gasteiger partial charge in [-0.2, -0.15) is 5.10 Å². The number of nitrogens with two attached hydrogens (primary N) is 1. The molecule has 1 heterocycles. The van der Waals surface area contributed by atoms with E-state index in [1.54, 1.807) is 6.20 Å². The number of nitrogens with zero attached hydrogens (tertiary/aromatic N) is 2. The summed E-state index contributed by atoms with van der Waals surface area (Å²) in [5.41, 5.74) is 4.59. The maximum atomic E-state index is 5.25. The van der Waals surface area contributed by atoms with Gasteiger partial charge in [-0.15, -0.1) is 0 Å². The van der Waals surface area contributed by atoms with Gasteiger partial charge in [-0.3, -0.25) is 10.5 Å². The summed E-state index contributed by atoms with van der Waals surface area (Å²) in [7, 11) is 0. The quantitative estimate of drug-likeness (QED) is 0.562. The van der Waals surface area contributed by atoms with E-state index in [0.717, 1.165) is 12.2 Å². The van der Waals surface area contributed by atoms with Crippen LogP contribution in [-0.2, 0) is 6.54 Å². The van der Waals surface area contributed by atoms with Crippen LogP contribution in [0.4, 0.5) is 5.69 Å². The Kier molecular flexibility index (Phi) is 2.46. The lowest BCUT2D eigenvalue weighted by Crippen LogP contribution is -2.05. The van der Waals surface area contributed by atoms with Crippen molar-refractivity contribution in [1.29, 1.82) is 0 Å². The molecule has 2 aromatic rings. The molecule has 2 rings (SSSR count). The monoisotopic (exact) mass is 188 g/mol. The first-order valence-electron chi connectivity index (χ1n) is 4.41. The largest absolute Gasteiger partial charge is 0.321 e. The summed E-state index contributed by atoms with van der Waals surface area (Å²) >= 11 is 0. The number of nitrogens with one attached hydrogen (secondary N) is 1. The highest BCUT2D eigenvalue weighted by molar-refractivity contribution is 5.36. The maximum Gasteiger partial charge on any atom is 0.0868 e. The zero-order valence-corrected chi connectivity index (χ0v) is 7.72. The van der Waals surface area contributed by atoms with Gasteiger partial charge in [0.1, 0.15) is 0 Å². The number of aromatic nitrogens is 2. The predicted molar refractivity (Wildman–Crippen MR) is 55.6 cm³/mol. The molecule has 0 bridgehead atoms. The fraction of sp³-hybridized carbons (Fsp3) is 0.100. The fourth-order valence-corrected chi connectivity index (χ4v) is 1.30. The average Bonchev–Trinajstić information content (AvgIpc) is 2.67. The minimum Gasteiger partial charge on any atom is -0.321 e. The summed E-state index contributed by atoms with van der Waals surface area (Å²) in [4.78, 5) is 0. The predicted octanol–water partition coefficient (Wildman–Crippen LogP) is 1.22. The van der Waals surface area contributed by atoms with Crippen LogP contribution >= 0.6 is 0 Å². The molecule has 1 aromatic carbocycles. The Hall–Kier alpha value is -1.81. The lowest BCUT2D eigenvalue weighted by atomic mass is 10.2. The van der Waals surface area contributed by atoms with Gasteiger partial charge in [0.05, 0.1) is 18.4 Å². The standard InChI is InChI=1S/C10H12N4/c11-13-10-6-12-14(8-10)7-9-4-2-1-3-5-9/h1-6,8,13H,7,11H2. The van der Waals surface area contributed by atoms with Crippen LogP contribution in [0.2, 0.25) is 0 Å². The smallest absolute Gasteiger partial charge is 0.0868 e. The highest BCUT2D eigenvalue weighted by Gasteiger charge is 1.96. The summed E-state index contributed by atoms with van der Waals surface area (Å²) in [5.74, 6) is 5.25. The molecular weight excluding hydrogens is 176 g/mol. The van der Waals surface area contributed by atoms with Crippen LogP contribution in [0.15, 0.2) is 42.7 Å². The van der Waals surface area contributed by atoms with Crippen LogP contribution in [-0.4, -0.2) is 9.78 Å². The van der Waals surface area contributed by atoms with Gasteiger partial charge >= 0.3 is 0 Å². The molecule has 0 saturated heterocycles. The van der Waals surface area contributed by atoms with Gasteiger partial charge in [-0.25, -0.2) is 0 Å². The van der Waals surface area contributed by atoms with Crippen molar-refractivity contribution in [3.05, 3.63) is 48.3 Å². The van der Waals surface area contributed by atoms with Gasteiger partial charge in [0.2, 0.25) is 0 Å². The molecule has 0 fully saturated rings. The summed E-state index contributed by atoms with van der Waals surface area (Å²) in [6, 6.07) is 10.2. The van der Waals surface area contributed by atoms with Crippen molar-refractivity contribution in [3.63, 3.8) is 0 Å². The Labute approximate surface area is 82.3 Å².